The summed E-state index contributed by atoms with van der Waals surface area (Å²) in [5.74, 6) is 0. The van der Waals surface area contributed by atoms with Gasteiger partial charge in [0.1, 0.15) is 0 Å². The van der Waals surface area contributed by atoms with Gasteiger partial charge in [-0.25, -0.2) is 0 Å². The monoisotopic (exact) mass is 529 g/mol. The van der Waals surface area contributed by atoms with Gasteiger partial charge < -0.3 is 4.90 Å². The molecule has 40 heavy (non-hydrogen) atoms. The molecule has 0 bridgehead atoms. The Labute approximate surface area is 238 Å². The maximum Gasteiger partial charge on any atom is 0.0555 e. The molecule has 1 aliphatic rings. The van der Waals surface area contributed by atoms with Crippen molar-refractivity contribution in [3.05, 3.63) is 150 Å². The number of anilines is 3. The fourth-order valence-corrected chi connectivity index (χ4v) is 7.57. The molecule has 8 rings (SSSR count). The van der Waals surface area contributed by atoms with Crippen LogP contribution in [0.25, 0.3) is 42.4 Å². The Morgan fingerprint density at radius 2 is 1.32 bits per heavy atom. The van der Waals surface area contributed by atoms with Crippen LogP contribution < -0.4 is 4.90 Å². The smallest absolute Gasteiger partial charge is 0.0555 e. The number of para-hydroxylation sites is 2. The molecule has 0 spiro atoms. The SMILES string of the molecule is Cc1ccccc1N(c1ccccc1)c1ccc(-c2ccc3c(c2)-c2ccccc2C3)c2sc3ccccc3c12. The van der Waals surface area contributed by atoms with Crippen LogP contribution in [0.4, 0.5) is 17.1 Å². The Kier molecular flexibility index (Phi) is 5.36. The van der Waals surface area contributed by atoms with Crippen molar-refractivity contribution in [2.24, 2.45) is 0 Å². The number of thiophene rings is 1. The molecule has 0 saturated carbocycles. The first-order valence-corrected chi connectivity index (χ1v) is 14.6. The molecule has 0 fully saturated rings. The third-order valence-corrected chi connectivity index (χ3v) is 9.43. The maximum absolute atomic E-state index is 2.43. The molecule has 0 amide bonds. The highest BCUT2D eigenvalue weighted by molar-refractivity contribution is 7.26. The van der Waals surface area contributed by atoms with Gasteiger partial charge in [-0.05, 0) is 88.7 Å². The van der Waals surface area contributed by atoms with Crippen molar-refractivity contribution < 1.29 is 0 Å². The molecule has 0 N–H and O–H groups in total. The molecule has 1 heterocycles. The molecular formula is C38H27NS. The van der Waals surface area contributed by atoms with Gasteiger partial charge in [-0.15, -0.1) is 11.3 Å². The zero-order chi connectivity index (χ0) is 26.6. The van der Waals surface area contributed by atoms with Gasteiger partial charge in [-0.3, -0.25) is 0 Å². The zero-order valence-corrected chi connectivity index (χ0v) is 23.1. The van der Waals surface area contributed by atoms with Gasteiger partial charge in [-0.1, -0.05) is 97.1 Å². The second-order valence-corrected chi connectivity index (χ2v) is 11.7. The van der Waals surface area contributed by atoms with Gasteiger partial charge in [0, 0.05) is 31.5 Å². The summed E-state index contributed by atoms with van der Waals surface area (Å²) in [6, 6.07) is 48.9. The Morgan fingerprint density at radius 3 is 2.23 bits per heavy atom. The summed E-state index contributed by atoms with van der Waals surface area (Å²) < 4.78 is 2.65. The standard InChI is InChI=1S/C38H27NS/c1-25-11-5-9-17-34(25)39(29-13-3-2-4-14-29)35-22-21-31(38-37(35)32-16-8-10-18-36(32)40-38)28-20-19-27-23-26-12-6-7-15-30(26)33(27)24-28/h2-22,24H,23H2,1H3. The van der Waals surface area contributed by atoms with Gasteiger partial charge in [0.05, 0.1) is 5.69 Å². The lowest BCUT2D eigenvalue weighted by molar-refractivity contribution is 1.26. The zero-order valence-electron chi connectivity index (χ0n) is 22.3. The molecule has 1 aliphatic carbocycles. The number of hydrogen-bond donors (Lipinski definition) is 0. The normalized spacial score (nSPS) is 12.0. The molecule has 7 aromatic rings. The van der Waals surface area contributed by atoms with E-state index in [1.54, 1.807) is 0 Å². The Bertz CT molecular complexity index is 2050. The summed E-state index contributed by atoms with van der Waals surface area (Å²) in [4.78, 5) is 2.43. The van der Waals surface area contributed by atoms with Crippen LogP contribution in [-0.4, -0.2) is 0 Å². The summed E-state index contributed by atoms with van der Waals surface area (Å²) in [5.41, 5.74) is 13.0. The molecule has 6 aromatic carbocycles. The minimum Gasteiger partial charge on any atom is -0.310 e. The summed E-state index contributed by atoms with van der Waals surface area (Å²) in [6.07, 6.45) is 1.02. The van der Waals surface area contributed by atoms with E-state index in [1.807, 2.05) is 11.3 Å². The van der Waals surface area contributed by atoms with E-state index in [4.69, 9.17) is 0 Å². The fraction of sp³-hybridized carbons (Fsp3) is 0.0526. The first-order valence-electron chi connectivity index (χ1n) is 13.8. The van der Waals surface area contributed by atoms with Crippen LogP contribution in [0.15, 0.2) is 133 Å². The molecule has 0 unspecified atom stereocenters. The van der Waals surface area contributed by atoms with E-state index in [9.17, 15) is 0 Å². The molecule has 1 aromatic heterocycles. The van der Waals surface area contributed by atoms with E-state index in [0.717, 1.165) is 12.1 Å². The first kappa shape index (κ1) is 23.2. The molecule has 1 nitrogen and oxygen atoms in total. The quantitative estimate of drug-likeness (QED) is 0.219. The van der Waals surface area contributed by atoms with Crippen LogP contribution in [0.1, 0.15) is 16.7 Å². The van der Waals surface area contributed by atoms with Gasteiger partial charge in [0.25, 0.3) is 0 Å². The van der Waals surface area contributed by atoms with Crippen molar-refractivity contribution in [2.75, 3.05) is 4.90 Å². The predicted molar refractivity (Wildman–Crippen MR) is 172 cm³/mol. The Morgan fingerprint density at radius 1 is 0.575 bits per heavy atom. The number of fused-ring (bicyclic) bond motifs is 6. The molecule has 2 heteroatoms. The predicted octanol–water partition coefficient (Wildman–Crippen LogP) is 11.1. The molecule has 0 radical (unpaired) electrons. The van der Waals surface area contributed by atoms with Crippen LogP contribution >= 0.6 is 11.3 Å². The van der Waals surface area contributed by atoms with Gasteiger partial charge in [0.2, 0.25) is 0 Å². The minimum absolute atomic E-state index is 1.02. The minimum atomic E-state index is 1.02. The van der Waals surface area contributed by atoms with E-state index < -0.39 is 0 Å². The summed E-state index contributed by atoms with van der Waals surface area (Å²) in [6.45, 7) is 2.20. The van der Waals surface area contributed by atoms with Crippen LogP contribution in [0.3, 0.4) is 0 Å². The molecular weight excluding hydrogens is 502 g/mol. The van der Waals surface area contributed by atoms with Crippen molar-refractivity contribution in [1.82, 2.24) is 0 Å². The molecule has 0 atom stereocenters. The second kappa shape index (κ2) is 9.22. The average molecular weight is 530 g/mol. The highest BCUT2D eigenvalue weighted by Crippen LogP contribution is 2.49. The molecule has 190 valence electrons. The van der Waals surface area contributed by atoms with Crippen LogP contribution in [0.5, 0.6) is 0 Å². The van der Waals surface area contributed by atoms with Gasteiger partial charge in [-0.2, -0.15) is 0 Å². The topological polar surface area (TPSA) is 3.24 Å². The number of hydrogen-bond acceptors (Lipinski definition) is 2. The van der Waals surface area contributed by atoms with Gasteiger partial charge in [0.15, 0.2) is 0 Å². The highest BCUT2D eigenvalue weighted by Gasteiger charge is 2.23. The summed E-state index contributed by atoms with van der Waals surface area (Å²) in [5, 5.41) is 2.62. The fourth-order valence-electron chi connectivity index (χ4n) is 6.31. The van der Waals surface area contributed by atoms with Crippen LogP contribution in [0.2, 0.25) is 0 Å². The van der Waals surface area contributed by atoms with Crippen molar-refractivity contribution in [1.29, 1.82) is 0 Å². The number of aryl methyl sites for hydroxylation is 1. The first-order chi connectivity index (χ1) is 19.8. The lowest BCUT2D eigenvalue weighted by Crippen LogP contribution is -2.11. The Balaban J connectivity index is 1.40. The number of nitrogens with zero attached hydrogens (tertiary/aromatic N) is 1. The van der Waals surface area contributed by atoms with E-state index in [2.05, 4.69) is 145 Å². The largest absolute Gasteiger partial charge is 0.310 e. The van der Waals surface area contributed by atoms with E-state index >= 15 is 0 Å². The number of benzene rings is 6. The van der Waals surface area contributed by atoms with E-state index in [0.29, 0.717) is 0 Å². The Hall–Kier alpha value is -4.66. The third-order valence-electron chi connectivity index (χ3n) is 8.23. The summed E-state index contributed by atoms with van der Waals surface area (Å²) >= 11 is 1.90. The van der Waals surface area contributed by atoms with Crippen molar-refractivity contribution in [3.63, 3.8) is 0 Å². The van der Waals surface area contributed by atoms with Gasteiger partial charge >= 0.3 is 0 Å². The van der Waals surface area contributed by atoms with Crippen molar-refractivity contribution in [3.8, 4) is 22.3 Å². The van der Waals surface area contributed by atoms with Crippen molar-refractivity contribution >= 4 is 48.6 Å². The van der Waals surface area contributed by atoms with Crippen LogP contribution in [0, 0.1) is 6.92 Å². The second-order valence-electron chi connectivity index (χ2n) is 10.6. The number of rotatable bonds is 4. The molecule has 0 aliphatic heterocycles. The van der Waals surface area contributed by atoms with Crippen LogP contribution in [-0.2, 0) is 6.42 Å². The summed E-state index contributed by atoms with van der Waals surface area (Å²) in [7, 11) is 0. The van der Waals surface area contributed by atoms with E-state index in [1.165, 1.54) is 70.5 Å². The highest BCUT2D eigenvalue weighted by atomic mass is 32.1. The average Bonchev–Trinajstić information content (AvgIpc) is 3.57. The lowest BCUT2D eigenvalue weighted by atomic mass is 9.96. The molecule has 0 saturated heterocycles. The maximum atomic E-state index is 2.43. The lowest BCUT2D eigenvalue weighted by Gasteiger charge is -2.28. The third kappa shape index (κ3) is 3.61. The van der Waals surface area contributed by atoms with E-state index in [-0.39, 0.29) is 0 Å². The van der Waals surface area contributed by atoms with Crippen molar-refractivity contribution in [2.45, 2.75) is 13.3 Å².